The minimum absolute atomic E-state index is 0.157. The summed E-state index contributed by atoms with van der Waals surface area (Å²) >= 11 is 0. The van der Waals surface area contributed by atoms with Crippen LogP contribution in [0.3, 0.4) is 0 Å². The number of carboxylic acids is 1. The van der Waals surface area contributed by atoms with E-state index in [9.17, 15) is 23.7 Å². The Bertz CT molecular complexity index is 539. The Kier molecular flexibility index (Phi) is 6.48. The Hall–Kier alpha value is -2.45. The van der Waals surface area contributed by atoms with Crippen molar-refractivity contribution >= 4 is 17.3 Å². The normalized spacial score (nSPS) is 12.0. The minimum atomic E-state index is -3.22. The number of rotatable bonds is 9. The lowest BCUT2D eigenvalue weighted by Gasteiger charge is -2.16. The van der Waals surface area contributed by atoms with Crippen LogP contribution in [0, 0.1) is 10.1 Å². The fourth-order valence-electron chi connectivity index (χ4n) is 1.81. The highest BCUT2D eigenvalue weighted by molar-refractivity contribution is 5.77. The van der Waals surface area contributed by atoms with E-state index < -0.39 is 35.0 Å². The third kappa shape index (κ3) is 5.15. The van der Waals surface area contributed by atoms with E-state index in [4.69, 9.17) is 5.11 Å². The number of ether oxygens (including phenoxy) is 1. The van der Waals surface area contributed by atoms with Crippen LogP contribution in [0.2, 0.25) is 0 Å². The van der Waals surface area contributed by atoms with Crippen molar-refractivity contribution in [2.45, 2.75) is 38.8 Å². The number of aliphatic carboxylic acids is 1. The lowest BCUT2D eigenvalue weighted by atomic mass is 10.1. The van der Waals surface area contributed by atoms with Gasteiger partial charge in [0.15, 0.2) is 0 Å². The summed E-state index contributed by atoms with van der Waals surface area (Å²) in [5, 5.41) is 22.5. The average Bonchev–Trinajstić information content (AvgIpc) is 2.42. The molecular formula is C13H16F2N2O5. The number of anilines is 1. The van der Waals surface area contributed by atoms with Crippen LogP contribution in [0.5, 0.6) is 5.75 Å². The third-order valence-electron chi connectivity index (χ3n) is 2.86. The topological polar surface area (TPSA) is 102 Å². The summed E-state index contributed by atoms with van der Waals surface area (Å²) in [6.07, 6.45) is 1.80. The number of unbranched alkanes of at least 4 members (excludes halogenated alkanes) is 1. The van der Waals surface area contributed by atoms with Gasteiger partial charge in [-0.1, -0.05) is 19.8 Å². The van der Waals surface area contributed by atoms with Gasteiger partial charge in [-0.2, -0.15) is 8.78 Å². The van der Waals surface area contributed by atoms with Crippen LogP contribution in [0.15, 0.2) is 18.2 Å². The number of halogens is 2. The number of carbonyl (C=O) groups is 1. The summed E-state index contributed by atoms with van der Waals surface area (Å²) < 4.78 is 28.7. The summed E-state index contributed by atoms with van der Waals surface area (Å²) in [7, 11) is 0. The third-order valence-corrected chi connectivity index (χ3v) is 2.86. The fourth-order valence-corrected chi connectivity index (χ4v) is 1.81. The Morgan fingerprint density at radius 3 is 2.68 bits per heavy atom. The van der Waals surface area contributed by atoms with Gasteiger partial charge in [0.1, 0.15) is 6.04 Å². The molecule has 1 rings (SSSR count). The minimum Gasteiger partial charge on any atom is -0.480 e. The van der Waals surface area contributed by atoms with Crippen molar-refractivity contribution in [2.75, 3.05) is 5.32 Å². The van der Waals surface area contributed by atoms with Crippen LogP contribution in [0.25, 0.3) is 0 Å². The van der Waals surface area contributed by atoms with Crippen molar-refractivity contribution in [1.29, 1.82) is 0 Å². The molecular weight excluding hydrogens is 302 g/mol. The summed E-state index contributed by atoms with van der Waals surface area (Å²) in [4.78, 5) is 21.0. The van der Waals surface area contributed by atoms with Crippen LogP contribution in [0.1, 0.15) is 26.2 Å². The maximum Gasteiger partial charge on any atom is 0.387 e. The molecule has 22 heavy (non-hydrogen) atoms. The standard InChI is InChI=1S/C13H16F2N2O5/c1-2-3-4-9(12(18)19)16-8-5-6-10(17(20)21)11(7-8)22-13(14)15/h5-7,9,13,16H,2-4H2,1H3,(H,18,19). The highest BCUT2D eigenvalue weighted by Crippen LogP contribution is 2.31. The molecule has 122 valence electrons. The van der Waals surface area contributed by atoms with Crippen LogP contribution in [-0.4, -0.2) is 28.7 Å². The molecule has 0 aliphatic rings. The molecule has 0 saturated carbocycles. The number of benzene rings is 1. The predicted molar refractivity (Wildman–Crippen MR) is 74.3 cm³/mol. The second kappa shape index (κ2) is 8.11. The van der Waals surface area contributed by atoms with Gasteiger partial charge in [0.05, 0.1) is 4.92 Å². The number of nitrogens with one attached hydrogen (secondary N) is 1. The van der Waals surface area contributed by atoms with E-state index in [1.54, 1.807) is 0 Å². The van der Waals surface area contributed by atoms with E-state index in [2.05, 4.69) is 10.1 Å². The Morgan fingerprint density at radius 1 is 1.50 bits per heavy atom. The molecule has 0 heterocycles. The maximum absolute atomic E-state index is 12.3. The largest absolute Gasteiger partial charge is 0.480 e. The molecule has 0 aliphatic carbocycles. The average molecular weight is 318 g/mol. The zero-order valence-electron chi connectivity index (χ0n) is 11.8. The first-order chi connectivity index (χ1) is 10.3. The number of hydrogen-bond acceptors (Lipinski definition) is 5. The summed E-state index contributed by atoms with van der Waals surface area (Å²) in [5.41, 5.74) is -0.462. The summed E-state index contributed by atoms with van der Waals surface area (Å²) in [6, 6.07) is 2.31. The van der Waals surface area contributed by atoms with Crippen molar-refractivity contribution in [1.82, 2.24) is 0 Å². The molecule has 9 heteroatoms. The molecule has 0 radical (unpaired) electrons. The monoisotopic (exact) mass is 318 g/mol. The number of hydrogen-bond donors (Lipinski definition) is 2. The molecule has 0 amide bonds. The number of alkyl halides is 2. The predicted octanol–water partition coefficient (Wildman–Crippen LogP) is 3.25. The van der Waals surface area contributed by atoms with Crippen molar-refractivity contribution in [3.63, 3.8) is 0 Å². The van der Waals surface area contributed by atoms with Gasteiger partial charge in [-0.15, -0.1) is 0 Å². The van der Waals surface area contributed by atoms with Crippen LogP contribution in [-0.2, 0) is 4.79 Å². The zero-order valence-corrected chi connectivity index (χ0v) is 11.8. The molecule has 7 nitrogen and oxygen atoms in total. The highest BCUT2D eigenvalue weighted by Gasteiger charge is 2.21. The smallest absolute Gasteiger partial charge is 0.387 e. The molecule has 1 atom stereocenters. The second-order valence-electron chi connectivity index (χ2n) is 4.50. The molecule has 1 aromatic carbocycles. The van der Waals surface area contributed by atoms with E-state index >= 15 is 0 Å². The summed E-state index contributed by atoms with van der Waals surface area (Å²) in [6.45, 7) is -1.32. The first-order valence-corrected chi connectivity index (χ1v) is 6.57. The van der Waals surface area contributed by atoms with Crippen LogP contribution in [0.4, 0.5) is 20.2 Å². The fraction of sp³-hybridized carbons (Fsp3) is 0.462. The van der Waals surface area contributed by atoms with Crippen LogP contribution >= 0.6 is 0 Å². The lowest BCUT2D eigenvalue weighted by Crippen LogP contribution is -2.29. The van der Waals surface area contributed by atoms with E-state index in [0.717, 1.165) is 18.6 Å². The van der Waals surface area contributed by atoms with Crippen molar-refractivity contribution in [2.24, 2.45) is 0 Å². The number of nitrogens with zero attached hydrogens (tertiary/aromatic N) is 1. The molecule has 0 saturated heterocycles. The zero-order chi connectivity index (χ0) is 16.7. The Balaban J connectivity index is 2.99. The number of nitro groups is 1. The van der Waals surface area contributed by atoms with Crippen LogP contribution < -0.4 is 10.1 Å². The van der Waals surface area contributed by atoms with Gasteiger partial charge >= 0.3 is 18.3 Å². The Morgan fingerprint density at radius 2 is 2.18 bits per heavy atom. The molecule has 0 aliphatic heterocycles. The van der Waals surface area contributed by atoms with Gasteiger partial charge in [0.25, 0.3) is 0 Å². The van der Waals surface area contributed by atoms with Crippen molar-refractivity contribution < 1.29 is 28.3 Å². The van der Waals surface area contributed by atoms with E-state index in [-0.39, 0.29) is 5.69 Å². The first-order valence-electron chi connectivity index (χ1n) is 6.57. The maximum atomic E-state index is 12.3. The van der Waals surface area contributed by atoms with E-state index in [1.807, 2.05) is 6.92 Å². The molecule has 0 spiro atoms. The number of nitro benzene ring substituents is 1. The van der Waals surface area contributed by atoms with E-state index in [0.29, 0.717) is 12.8 Å². The number of carboxylic acid groups (broad SMARTS) is 1. The summed E-state index contributed by atoms with van der Waals surface area (Å²) in [5.74, 6) is -1.72. The highest BCUT2D eigenvalue weighted by atomic mass is 19.3. The van der Waals surface area contributed by atoms with Gasteiger partial charge in [-0.05, 0) is 12.5 Å². The van der Waals surface area contributed by atoms with Gasteiger partial charge in [-0.3, -0.25) is 10.1 Å². The molecule has 2 N–H and O–H groups in total. The van der Waals surface area contributed by atoms with Crippen molar-refractivity contribution in [3.8, 4) is 5.75 Å². The van der Waals surface area contributed by atoms with Gasteiger partial charge in [0.2, 0.25) is 5.75 Å². The van der Waals surface area contributed by atoms with Gasteiger partial charge in [-0.25, -0.2) is 4.79 Å². The molecule has 0 aromatic heterocycles. The second-order valence-corrected chi connectivity index (χ2v) is 4.50. The van der Waals surface area contributed by atoms with Gasteiger partial charge in [0, 0.05) is 17.8 Å². The molecule has 0 fully saturated rings. The van der Waals surface area contributed by atoms with Gasteiger partial charge < -0.3 is 15.2 Å². The Labute approximate surface area is 125 Å². The molecule has 1 unspecified atom stereocenters. The molecule has 0 bridgehead atoms. The SMILES string of the molecule is CCCCC(Nc1ccc([N+](=O)[O-])c(OC(F)F)c1)C(=O)O. The van der Waals surface area contributed by atoms with Crippen molar-refractivity contribution in [3.05, 3.63) is 28.3 Å². The lowest BCUT2D eigenvalue weighted by molar-refractivity contribution is -0.386. The van der Waals surface area contributed by atoms with E-state index in [1.165, 1.54) is 6.07 Å². The molecule has 1 aromatic rings. The first kappa shape index (κ1) is 17.6. The quantitative estimate of drug-likeness (QED) is 0.535.